The van der Waals surface area contributed by atoms with Gasteiger partial charge in [0.25, 0.3) is 0 Å². The lowest BCUT2D eigenvalue weighted by Gasteiger charge is -2.21. The third-order valence-electron chi connectivity index (χ3n) is 4.63. The Kier molecular flexibility index (Phi) is 4.37. The Morgan fingerprint density at radius 1 is 1.20 bits per heavy atom. The lowest BCUT2D eigenvalue weighted by Crippen LogP contribution is -2.23. The fourth-order valence-corrected chi connectivity index (χ4v) is 3.66. The van der Waals surface area contributed by atoms with Crippen LogP contribution in [0.25, 0.3) is 0 Å². The highest BCUT2D eigenvalue weighted by atomic mass is 79.9. The molecule has 1 aliphatic heterocycles. The first-order valence-electron chi connectivity index (χ1n) is 8.53. The molecule has 2 aliphatic rings. The molecule has 0 radical (unpaired) electrons. The van der Waals surface area contributed by atoms with E-state index >= 15 is 0 Å². The molecule has 1 fully saturated rings. The van der Waals surface area contributed by atoms with E-state index in [0.29, 0.717) is 19.2 Å². The first-order valence-corrected chi connectivity index (χ1v) is 9.32. The maximum atomic E-state index is 6.19. The minimum absolute atomic E-state index is 0.542. The van der Waals surface area contributed by atoms with Gasteiger partial charge in [0.05, 0.1) is 5.69 Å². The molecular weight excluding hydrogens is 380 g/mol. The van der Waals surface area contributed by atoms with Crippen molar-refractivity contribution in [2.24, 2.45) is 10.4 Å². The van der Waals surface area contributed by atoms with Crippen LogP contribution in [0.15, 0.2) is 51.3 Å². The second kappa shape index (κ2) is 6.67. The van der Waals surface area contributed by atoms with Gasteiger partial charge < -0.3 is 4.74 Å². The van der Waals surface area contributed by atoms with Crippen molar-refractivity contribution in [1.29, 1.82) is 0 Å². The van der Waals surface area contributed by atoms with Crippen LogP contribution in [0.3, 0.4) is 0 Å². The average molecular weight is 401 g/mol. The van der Waals surface area contributed by atoms with Crippen LogP contribution in [0.5, 0.6) is 5.75 Å². The molecule has 0 amide bonds. The summed E-state index contributed by atoms with van der Waals surface area (Å²) in [6, 6.07) is 12.6. The molecule has 1 aliphatic carbocycles. The minimum atomic E-state index is 0.542. The van der Waals surface area contributed by atoms with Gasteiger partial charge in [-0.1, -0.05) is 33.3 Å². The van der Waals surface area contributed by atoms with E-state index in [1.165, 1.54) is 24.0 Å². The van der Waals surface area contributed by atoms with Crippen LogP contribution in [-0.2, 0) is 6.61 Å². The Morgan fingerprint density at radius 3 is 2.72 bits per heavy atom. The normalized spacial score (nSPS) is 16.6. The van der Waals surface area contributed by atoms with Gasteiger partial charge in [0, 0.05) is 17.1 Å². The Balaban J connectivity index is 1.63. The predicted molar refractivity (Wildman–Crippen MR) is 102 cm³/mol. The lowest BCUT2D eigenvalue weighted by molar-refractivity contribution is 0.302. The maximum absolute atomic E-state index is 6.19. The highest BCUT2D eigenvalue weighted by molar-refractivity contribution is 9.10. The Bertz CT molecular complexity index is 819. The number of anilines is 1. The molecule has 25 heavy (non-hydrogen) atoms. The summed E-state index contributed by atoms with van der Waals surface area (Å²) in [7, 11) is 1.93. The largest absolute Gasteiger partial charge is 0.489 e. The van der Waals surface area contributed by atoms with Crippen LogP contribution in [-0.4, -0.2) is 18.7 Å². The summed E-state index contributed by atoms with van der Waals surface area (Å²) >= 11 is 3.50. The molecule has 0 aromatic heterocycles. The van der Waals surface area contributed by atoms with Crippen LogP contribution < -0.4 is 9.75 Å². The van der Waals surface area contributed by atoms with Gasteiger partial charge in [0.1, 0.15) is 19.0 Å². The third kappa shape index (κ3) is 3.49. The number of aryl methyl sites for hydroxylation is 1. The molecule has 1 heterocycles. The van der Waals surface area contributed by atoms with Crippen molar-refractivity contribution in [3.63, 3.8) is 0 Å². The molecule has 0 bridgehead atoms. The van der Waals surface area contributed by atoms with Gasteiger partial charge >= 0.3 is 0 Å². The highest BCUT2D eigenvalue weighted by Gasteiger charge is 2.29. The number of ether oxygens (including phenoxy) is 1. The third-order valence-corrected chi connectivity index (χ3v) is 5.12. The number of rotatable bonds is 5. The van der Waals surface area contributed by atoms with E-state index in [1.807, 2.05) is 29.2 Å². The maximum Gasteiger partial charge on any atom is 0.132 e. The fraction of sp³-hybridized carbons (Fsp3) is 0.368. The summed E-state index contributed by atoms with van der Waals surface area (Å²) in [6.07, 6.45) is 2.52. The summed E-state index contributed by atoms with van der Waals surface area (Å²) in [5, 5.41) is 12.2. The first kappa shape index (κ1) is 16.4. The van der Waals surface area contributed by atoms with Crippen molar-refractivity contribution in [3.05, 3.63) is 57.6 Å². The smallest absolute Gasteiger partial charge is 0.132 e. The second-order valence-corrected chi connectivity index (χ2v) is 7.61. The van der Waals surface area contributed by atoms with Gasteiger partial charge in [-0.15, -0.1) is 0 Å². The zero-order valence-corrected chi connectivity index (χ0v) is 16.0. The van der Waals surface area contributed by atoms with Gasteiger partial charge in [-0.2, -0.15) is 0 Å². The molecule has 0 atom stereocenters. The van der Waals surface area contributed by atoms with E-state index in [0.717, 1.165) is 21.5 Å². The minimum Gasteiger partial charge on any atom is -0.489 e. The number of halogens is 1. The zero-order valence-electron chi connectivity index (χ0n) is 14.4. The summed E-state index contributed by atoms with van der Waals surface area (Å²) in [6.45, 7) is 3.27. The number of hydrogen-bond donors (Lipinski definition) is 0. The Morgan fingerprint density at radius 2 is 2.04 bits per heavy atom. The Hall–Kier alpha value is -2.08. The number of benzene rings is 2. The predicted octanol–water partition coefficient (Wildman–Crippen LogP) is 5.21. The molecule has 0 spiro atoms. The highest BCUT2D eigenvalue weighted by Crippen LogP contribution is 2.44. The molecule has 1 saturated carbocycles. The van der Waals surface area contributed by atoms with Gasteiger partial charge in [-0.3, -0.25) is 5.01 Å². The summed E-state index contributed by atoms with van der Waals surface area (Å²) in [5.74, 6) is 1.57. The molecule has 6 heteroatoms. The number of hydrogen-bond acceptors (Lipinski definition) is 5. The topological polar surface area (TPSA) is 40.4 Å². The zero-order chi connectivity index (χ0) is 17.4. The standard InChI is InChI=1S/C19H21BrN4O/c1-13-10-15(20)8-9-19(13)25-11-17-16(14-6-7-14)4-3-5-18(17)24-12-23(2)21-22-24/h3-5,8-10,14H,6-7,11-12H2,1-2H3. The molecule has 4 rings (SSSR count). The summed E-state index contributed by atoms with van der Waals surface area (Å²) in [5.41, 5.74) is 4.83. The molecule has 0 saturated heterocycles. The molecule has 5 nitrogen and oxygen atoms in total. The van der Waals surface area contributed by atoms with Gasteiger partial charge in [-0.25, -0.2) is 5.01 Å². The van der Waals surface area contributed by atoms with Gasteiger partial charge in [0.2, 0.25) is 0 Å². The van der Waals surface area contributed by atoms with Crippen molar-refractivity contribution < 1.29 is 4.74 Å². The number of nitrogens with zero attached hydrogens (tertiary/aromatic N) is 4. The van der Waals surface area contributed by atoms with E-state index in [1.54, 1.807) is 0 Å². The SMILES string of the molecule is Cc1cc(Br)ccc1OCc1c(C2CC2)cccc1N1CN(C)N=N1. The molecule has 0 unspecified atom stereocenters. The van der Waals surface area contributed by atoms with Crippen LogP contribution in [0, 0.1) is 6.92 Å². The van der Waals surface area contributed by atoms with E-state index in [2.05, 4.69) is 57.6 Å². The quantitative estimate of drug-likeness (QED) is 0.691. The Labute approximate surface area is 156 Å². The van der Waals surface area contributed by atoms with Crippen LogP contribution >= 0.6 is 15.9 Å². The molecule has 2 aromatic carbocycles. The molecule has 0 N–H and O–H groups in total. The van der Waals surface area contributed by atoms with Crippen molar-refractivity contribution in [2.45, 2.75) is 32.3 Å². The van der Waals surface area contributed by atoms with Gasteiger partial charge in [-0.05, 0) is 66.3 Å². The van der Waals surface area contributed by atoms with Crippen molar-refractivity contribution in [3.8, 4) is 5.75 Å². The monoisotopic (exact) mass is 400 g/mol. The summed E-state index contributed by atoms with van der Waals surface area (Å²) < 4.78 is 7.26. The van der Waals surface area contributed by atoms with Crippen LogP contribution in [0.1, 0.15) is 35.4 Å². The average Bonchev–Trinajstić information content (AvgIpc) is 3.35. The molecule has 130 valence electrons. The van der Waals surface area contributed by atoms with E-state index in [9.17, 15) is 0 Å². The summed E-state index contributed by atoms with van der Waals surface area (Å²) in [4.78, 5) is 0. The van der Waals surface area contributed by atoms with Crippen molar-refractivity contribution >= 4 is 21.6 Å². The molecular formula is C19H21BrN4O. The fourth-order valence-electron chi connectivity index (χ4n) is 3.18. The van der Waals surface area contributed by atoms with Gasteiger partial charge in [0.15, 0.2) is 0 Å². The first-order chi connectivity index (χ1) is 12.1. The molecule has 2 aromatic rings. The van der Waals surface area contributed by atoms with E-state index in [4.69, 9.17) is 4.74 Å². The van der Waals surface area contributed by atoms with Crippen molar-refractivity contribution in [2.75, 3.05) is 18.7 Å². The van der Waals surface area contributed by atoms with Crippen LogP contribution in [0.2, 0.25) is 0 Å². The van der Waals surface area contributed by atoms with Crippen molar-refractivity contribution in [1.82, 2.24) is 5.01 Å². The lowest BCUT2D eigenvalue weighted by atomic mass is 10.0. The second-order valence-electron chi connectivity index (χ2n) is 6.70. The van der Waals surface area contributed by atoms with E-state index < -0.39 is 0 Å². The van der Waals surface area contributed by atoms with Crippen LogP contribution in [0.4, 0.5) is 5.69 Å². The van der Waals surface area contributed by atoms with E-state index in [-0.39, 0.29) is 0 Å².